The third-order valence-corrected chi connectivity index (χ3v) is 10.7. The number of rotatable bonds is 11. The molecule has 3 aromatic rings. The van der Waals surface area contributed by atoms with Crippen molar-refractivity contribution in [2.45, 2.75) is 68.7 Å². The van der Waals surface area contributed by atoms with Crippen molar-refractivity contribution >= 4 is 15.7 Å². The smallest absolute Gasteiger partial charge is 0.269 e. The quantitative estimate of drug-likeness (QED) is 0.211. The van der Waals surface area contributed by atoms with Crippen molar-refractivity contribution in [1.82, 2.24) is 10.0 Å². The fourth-order valence-corrected chi connectivity index (χ4v) is 8.00. The molecule has 0 aliphatic heterocycles. The van der Waals surface area contributed by atoms with E-state index in [-0.39, 0.29) is 16.5 Å². The number of methoxy groups -OCH3 is 1. The third-order valence-electron chi connectivity index (χ3n) is 9.14. The van der Waals surface area contributed by atoms with E-state index in [4.69, 9.17) is 4.74 Å². The molecule has 0 bridgehead atoms. The Morgan fingerprint density at radius 2 is 1.62 bits per heavy atom. The number of nitrogens with zero attached hydrogens (tertiary/aromatic N) is 1. The summed E-state index contributed by atoms with van der Waals surface area (Å²) in [6.45, 7) is 3.25. The van der Waals surface area contributed by atoms with Crippen molar-refractivity contribution in [1.29, 1.82) is 0 Å². The summed E-state index contributed by atoms with van der Waals surface area (Å²) in [5, 5.41) is 15.0. The lowest BCUT2D eigenvalue weighted by Gasteiger charge is -2.37. The molecular formula is C33H41N3O5S. The van der Waals surface area contributed by atoms with Crippen molar-refractivity contribution < 1.29 is 18.1 Å². The standard InChI is InChI=1S/C33H41N3O5S/c1-23-5-3-4-6-33(23)42(39,40)35-22-26-9-7-25(8-10-26)21-34-32-18-13-27-20-29(41-2)16-17-30(27)31(32)19-24-11-14-28(15-12-24)36(37)38/h3-6,11-12,14-17,20,25-26,31-32,34-35H,7-10,13,18-19,21-22H2,1-2H3. The molecule has 9 heteroatoms. The molecule has 5 rings (SSSR count). The maximum atomic E-state index is 12.8. The van der Waals surface area contributed by atoms with E-state index in [0.29, 0.717) is 29.3 Å². The van der Waals surface area contributed by atoms with Gasteiger partial charge in [0.1, 0.15) is 5.75 Å². The van der Waals surface area contributed by atoms with Crippen LogP contribution in [-0.2, 0) is 22.9 Å². The molecule has 2 atom stereocenters. The molecule has 0 saturated heterocycles. The number of benzene rings is 3. The van der Waals surface area contributed by atoms with Gasteiger partial charge < -0.3 is 10.1 Å². The van der Waals surface area contributed by atoms with Crippen LogP contribution in [0.25, 0.3) is 0 Å². The molecule has 2 aliphatic carbocycles. The Balaban J connectivity index is 1.18. The van der Waals surface area contributed by atoms with Crippen LogP contribution in [0.15, 0.2) is 71.6 Å². The van der Waals surface area contributed by atoms with E-state index in [1.54, 1.807) is 31.4 Å². The summed E-state index contributed by atoms with van der Waals surface area (Å²) in [5.74, 6) is 2.04. The maximum Gasteiger partial charge on any atom is 0.269 e. The second-order valence-electron chi connectivity index (χ2n) is 11.9. The van der Waals surface area contributed by atoms with Crippen LogP contribution in [0.3, 0.4) is 0 Å². The number of nitrogens with one attached hydrogen (secondary N) is 2. The molecule has 8 nitrogen and oxygen atoms in total. The molecule has 1 fully saturated rings. The van der Waals surface area contributed by atoms with Crippen LogP contribution in [0, 0.1) is 28.9 Å². The van der Waals surface area contributed by atoms with Gasteiger partial charge in [0.05, 0.1) is 16.9 Å². The zero-order chi connectivity index (χ0) is 29.7. The highest BCUT2D eigenvalue weighted by Gasteiger charge is 2.31. The zero-order valence-corrected chi connectivity index (χ0v) is 25.2. The second kappa shape index (κ2) is 13.4. The minimum Gasteiger partial charge on any atom is -0.497 e. The van der Waals surface area contributed by atoms with Crippen LogP contribution in [0.1, 0.15) is 60.3 Å². The first-order valence-corrected chi connectivity index (χ1v) is 16.4. The number of hydrogen-bond donors (Lipinski definition) is 2. The lowest BCUT2D eigenvalue weighted by molar-refractivity contribution is -0.384. The van der Waals surface area contributed by atoms with E-state index in [1.807, 2.05) is 37.3 Å². The van der Waals surface area contributed by atoms with E-state index < -0.39 is 10.0 Å². The summed E-state index contributed by atoms with van der Waals surface area (Å²) in [6, 6.07) is 20.7. The SMILES string of the molecule is COc1ccc2c(c1)CCC(NCC1CCC(CNS(=O)(=O)c3ccccc3C)CC1)C2Cc1ccc([N+](=O)[O-])cc1. The van der Waals surface area contributed by atoms with Gasteiger partial charge >= 0.3 is 0 Å². The molecule has 0 heterocycles. The maximum absolute atomic E-state index is 12.8. The fourth-order valence-electron chi connectivity index (χ4n) is 6.64. The molecule has 0 spiro atoms. The Bertz CT molecular complexity index is 1480. The summed E-state index contributed by atoms with van der Waals surface area (Å²) in [7, 11) is -1.81. The van der Waals surface area contributed by atoms with Crippen LogP contribution < -0.4 is 14.8 Å². The van der Waals surface area contributed by atoms with Crippen molar-refractivity contribution in [3.8, 4) is 5.75 Å². The van der Waals surface area contributed by atoms with Crippen LogP contribution in [0.2, 0.25) is 0 Å². The fraction of sp³-hybridized carbons (Fsp3) is 0.455. The van der Waals surface area contributed by atoms with Gasteiger partial charge in [0.25, 0.3) is 5.69 Å². The lowest BCUT2D eigenvalue weighted by atomic mass is 9.75. The van der Waals surface area contributed by atoms with E-state index in [0.717, 1.165) is 68.4 Å². The van der Waals surface area contributed by atoms with Crippen LogP contribution in [0.4, 0.5) is 5.69 Å². The molecule has 2 aliphatic rings. The van der Waals surface area contributed by atoms with Crippen molar-refractivity contribution in [3.63, 3.8) is 0 Å². The summed E-state index contributed by atoms with van der Waals surface area (Å²) in [4.78, 5) is 11.1. The van der Waals surface area contributed by atoms with Crippen molar-refractivity contribution in [2.24, 2.45) is 11.8 Å². The number of nitro benzene ring substituents is 1. The van der Waals surface area contributed by atoms with E-state index >= 15 is 0 Å². The molecule has 0 aromatic heterocycles. The predicted octanol–water partition coefficient (Wildman–Crippen LogP) is 5.93. The molecule has 0 amide bonds. The van der Waals surface area contributed by atoms with Crippen LogP contribution in [0.5, 0.6) is 5.75 Å². The average molecular weight is 592 g/mol. The lowest BCUT2D eigenvalue weighted by Crippen LogP contribution is -2.42. The Hall–Kier alpha value is -3.27. The molecule has 2 unspecified atom stereocenters. The topological polar surface area (TPSA) is 111 Å². The van der Waals surface area contributed by atoms with E-state index in [9.17, 15) is 18.5 Å². The highest BCUT2D eigenvalue weighted by molar-refractivity contribution is 7.89. The average Bonchev–Trinajstić information content (AvgIpc) is 3.00. The number of fused-ring (bicyclic) bond motifs is 1. The Labute approximate surface area is 249 Å². The molecule has 1 saturated carbocycles. The van der Waals surface area contributed by atoms with Gasteiger partial charge in [-0.1, -0.05) is 36.4 Å². The molecular weight excluding hydrogens is 550 g/mol. The van der Waals surface area contributed by atoms with Gasteiger partial charge in [-0.15, -0.1) is 0 Å². The van der Waals surface area contributed by atoms with E-state index in [1.165, 1.54) is 11.1 Å². The monoisotopic (exact) mass is 591 g/mol. The Kier molecular flexibility index (Phi) is 9.60. The highest BCUT2D eigenvalue weighted by Crippen LogP contribution is 2.37. The van der Waals surface area contributed by atoms with Gasteiger partial charge in [-0.25, -0.2) is 13.1 Å². The zero-order valence-electron chi connectivity index (χ0n) is 24.4. The van der Waals surface area contributed by atoms with Gasteiger partial charge in [-0.3, -0.25) is 10.1 Å². The number of sulfonamides is 1. The van der Waals surface area contributed by atoms with Crippen molar-refractivity contribution in [3.05, 3.63) is 99.1 Å². The number of hydrogen-bond acceptors (Lipinski definition) is 6. The number of non-ortho nitro benzene ring substituents is 1. The van der Waals surface area contributed by atoms with E-state index in [2.05, 4.69) is 22.2 Å². The molecule has 0 radical (unpaired) electrons. The summed E-state index contributed by atoms with van der Waals surface area (Å²) in [5.41, 5.74) is 4.60. The highest BCUT2D eigenvalue weighted by atomic mass is 32.2. The van der Waals surface area contributed by atoms with Gasteiger partial charge in [-0.2, -0.15) is 0 Å². The van der Waals surface area contributed by atoms with Crippen molar-refractivity contribution in [2.75, 3.05) is 20.2 Å². The largest absolute Gasteiger partial charge is 0.497 e. The first-order valence-electron chi connectivity index (χ1n) is 14.9. The van der Waals surface area contributed by atoms with Gasteiger partial charge in [0.15, 0.2) is 0 Å². The predicted molar refractivity (Wildman–Crippen MR) is 164 cm³/mol. The van der Waals surface area contributed by atoms with Crippen LogP contribution in [-0.4, -0.2) is 39.6 Å². The molecule has 3 aromatic carbocycles. The number of nitro groups is 1. The summed E-state index contributed by atoms with van der Waals surface area (Å²) < 4.78 is 34.0. The summed E-state index contributed by atoms with van der Waals surface area (Å²) >= 11 is 0. The summed E-state index contributed by atoms with van der Waals surface area (Å²) in [6.07, 6.45) is 7.00. The van der Waals surface area contributed by atoms with Gasteiger partial charge in [-0.05, 0) is 111 Å². The normalized spacial score (nSPS) is 22.3. The second-order valence-corrected chi connectivity index (χ2v) is 13.6. The third kappa shape index (κ3) is 7.19. The Morgan fingerprint density at radius 3 is 2.29 bits per heavy atom. The number of aryl methyl sites for hydroxylation is 2. The minimum absolute atomic E-state index is 0.112. The molecule has 224 valence electrons. The first kappa shape index (κ1) is 30.2. The van der Waals surface area contributed by atoms with Gasteiger partial charge in [0, 0.05) is 30.6 Å². The molecule has 42 heavy (non-hydrogen) atoms. The number of ether oxygens (including phenoxy) is 1. The van der Waals surface area contributed by atoms with Gasteiger partial charge in [0.2, 0.25) is 10.0 Å². The van der Waals surface area contributed by atoms with Crippen LogP contribution >= 0.6 is 0 Å². The first-order chi connectivity index (χ1) is 20.2. The molecule has 2 N–H and O–H groups in total. The Morgan fingerprint density at radius 1 is 0.929 bits per heavy atom. The minimum atomic E-state index is -3.50.